The minimum Gasteiger partial charge on any atom is -0.480 e. The van der Waals surface area contributed by atoms with E-state index in [0.29, 0.717) is 0 Å². The van der Waals surface area contributed by atoms with Gasteiger partial charge in [-0.05, 0) is 20.8 Å². The van der Waals surface area contributed by atoms with Gasteiger partial charge in [-0.2, -0.15) is 4.31 Å². The summed E-state index contributed by atoms with van der Waals surface area (Å²) < 4.78 is 23.9. The van der Waals surface area contributed by atoms with Crippen molar-refractivity contribution in [2.45, 2.75) is 26.3 Å². The van der Waals surface area contributed by atoms with Crippen molar-refractivity contribution in [3.63, 3.8) is 0 Å². The highest BCUT2D eigenvalue weighted by atomic mass is 32.2. The molecule has 1 amide bonds. The largest absolute Gasteiger partial charge is 0.480 e. The fraction of sp³-hybridized carbons (Fsp3) is 0.800. The van der Waals surface area contributed by atoms with E-state index < -0.39 is 27.4 Å². The summed E-state index contributed by atoms with van der Waals surface area (Å²) in [5.74, 6) is -1.83. The number of likely N-dealkylation sites (N-methyl/N-ethyl adjacent to an activating group) is 2. The molecule has 0 rings (SSSR count). The third kappa shape index (κ3) is 3.67. The number of sulfonamides is 1. The Kier molecular flexibility index (Phi) is 5.30. The molecule has 0 unspecified atom stereocenters. The number of carboxylic acid groups (broad SMARTS) is 1. The molecule has 0 heterocycles. The normalized spacial score (nSPS) is 12.6. The molecule has 0 saturated carbocycles. The second kappa shape index (κ2) is 5.66. The molecule has 7 nitrogen and oxygen atoms in total. The maximum Gasteiger partial charge on any atom is 0.329 e. The van der Waals surface area contributed by atoms with E-state index in [1.807, 2.05) is 0 Å². The number of hydrogen-bond acceptors (Lipinski definition) is 4. The van der Waals surface area contributed by atoms with E-state index in [4.69, 9.17) is 5.11 Å². The molecule has 0 saturated heterocycles. The standard InChI is InChI=1S/C10H20N2O5S/c1-6-18(16,17)11(4)7-8(13)12(5)10(2,3)9(14)15/h6-7H2,1-5H3,(H,14,15). The van der Waals surface area contributed by atoms with Crippen molar-refractivity contribution in [1.82, 2.24) is 9.21 Å². The first kappa shape index (κ1) is 16.9. The predicted octanol–water partition coefficient (Wildman–Crippen LogP) is -0.410. The number of nitrogens with zero attached hydrogens (tertiary/aromatic N) is 2. The first-order valence-corrected chi connectivity index (χ1v) is 7.01. The lowest BCUT2D eigenvalue weighted by molar-refractivity contribution is -0.155. The van der Waals surface area contributed by atoms with Crippen LogP contribution in [0, 0.1) is 0 Å². The number of carbonyl (C=O) groups is 2. The smallest absolute Gasteiger partial charge is 0.329 e. The fourth-order valence-corrected chi connectivity index (χ4v) is 1.82. The Hall–Kier alpha value is -1.15. The average Bonchev–Trinajstić information content (AvgIpc) is 2.27. The van der Waals surface area contributed by atoms with Crippen molar-refractivity contribution < 1.29 is 23.1 Å². The van der Waals surface area contributed by atoms with Gasteiger partial charge in [0.15, 0.2) is 0 Å². The van der Waals surface area contributed by atoms with Gasteiger partial charge < -0.3 is 10.0 Å². The van der Waals surface area contributed by atoms with Gasteiger partial charge in [-0.25, -0.2) is 13.2 Å². The van der Waals surface area contributed by atoms with Crippen molar-refractivity contribution in [2.24, 2.45) is 0 Å². The van der Waals surface area contributed by atoms with Crippen LogP contribution in [0.5, 0.6) is 0 Å². The number of rotatable bonds is 6. The Balaban J connectivity index is 4.86. The highest BCUT2D eigenvalue weighted by Gasteiger charge is 2.36. The van der Waals surface area contributed by atoms with Gasteiger partial charge in [0.2, 0.25) is 15.9 Å². The van der Waals surface area contributed by atoms with Crippen molar-refractivity contribution in [1.29, 1.82) is 0 Å². The van der Waals surface area contributed by atoms with Gasteiger partial charge in [-0.1, -0.05) is 0 Å². The lowest BCUT2D eigenvalue weighted by Gasteiger charge is -2.32. The quantitative estimate of drug-likeness (QED) is 0.713. The molecule has 0 aromatic rings. The maximum atomic E-state index is 11.8. The molecule has 18 heavy (non-hydrogen) atoms. The van der Waals surface area contributed by atoms with Crippen LogP contribution in [0.3, 0.4) is 0 Å². The van der Waals surface area contributed by atoms with Gasteiger partial charge in [-0.3, -0.25) is 4.79 Å². The van der Waals surface area contributed by atoms with E-state index in [1.54, 1.807) is 0 Å². The lowest BCUT2D eigenvalue weighted by Crippen LogP contribution is -2.53. The van der Waals surface area contributed by atoms with Gasteiger partial charge in [0, 0.05) is 14.1 Å². The van der Waals surface area contributed by atoms with Crippen LogP contribution in [0.25, 0.3) is 0 Å². The second-order valence-corrected chi connectivity index (χ2v) is 6.84. The molecule has 0 bridgehead atoms. The molecule has 0 spiro atoms. The van der Waals surface area contributed by atoms with Crippen LogP contribution in [0.4, 0.5) is 0 Å². The molecule has 0 aliphatic rings. The van der Waals surface area contributed by atoms with Gasteiger partial charge in [0.1, 0.15) is 5.54 Å². The minimum absolute atomic E-state index is 0.108. The average molecular weight is 280 g/mol. The van der Waals surface area contributed by atoms with Crippen LogP contribution in [0.2, 0.25) is 0 Å². The zero-order chi connectivity index (χ0) is 14.7. The summed E-state index contributed by atoms with van der Waals surface area (Å²) >= 11 is 0. The van der Waals surface area contributed by atoms with Crippen LogP contribution in [0.15, 0.2) is 0 Å². The molecule has 0 aromatic carbocycles. The molecular formula is C10H20N2O5S. The second-order valence-electron chi connectivity index (χ2n) is 4.47. The lowest BCUT2D eigenvalue weighted by atomic mass is 10.0. The third-order valence-corrected chi connectivity index (χ3v) is 4.74. The number of aliphatic carboxylic acids is 1. The van der Waals surface area contributed by atoms with Crippen molar-refractivity contribution in [3.8, 4) is 0 Å². The summed E-state index contributed by atoms with van der Waals surface area (Å²) in [4.78, 5) is 23.8. The van der Waals surface area contributed by atoms with E-state index in [9.17, 15) is 18.0 Å². The Bertz CT molecular complexity index is 430. The summed E-state index contributed by atoms with van der Waals surface area (Å²) in [6, 6.07) is 0. The highest BCUT2D eigenvalue weighted by Crippen LogP contribution is 2.13. The van der Waals surface area contributed by atoms with E-state index in [-0.39, 0.29) is 12.3 Å². The van der Waals surface area contributed by atoms with Crippen LogP contribution in [-0.4, -0.2) is 66.5 Å². The molecule has 0 atom stereocenters. The molecule has 0 aliphatic carbocycles. The highest BCUT2D eigenvalue weighted by molar-refractivity contribution is 7.89. The van der Waals surface area contributed by atoms with E-state index in [0.717, 1.165) is 9.21 Å². The first-order valence-electron chi connectivity index (χ1n) is 5.40. The zero-order valence-electron chi connectivity index (χ0n) is 11.3. The van der Waals surface area contributed by atoms with E-state index in [1.165, 1.54) is 34.9 Å². The number of carboxylic acids is 1. The Labute approximate surface area is 107 Å². The van der Waals surface area contributed by atoms with Crippen molar-refractivity contribution >= 4 is 21.9 Å². The number of amides is 1. The molecule has 0 aliphatic heterocycles. The molecule has 0 radical (unpaired) electrons. The monoisotopic (exact) mass is 280 g/mol. The van der Waals surface area contributed by atoms with Crippen molar-refractivity contribution in [3.05, 3.63) is 0 Å². The first-order chi connectivity index (χ1) is 7.96. The number of hydrogen-bond donors (Lipinski definition) is 1. The topological polar surface area (TPSA) is 95.0 Å². The van der Waals surface area contributed by atoms with Gasteiger partial charge in [0.05, 0.1) is 12.3 Å². The molecular weight excluding hydrogens is 260 g/mol. The van der Waals surface area contributed by atoms with Crippen LogP contribution in [-0.2, 0) is 19.6 Å². The third-order valence-electron chi connectivity index (χ3n) is 2.93. The summed E-state index contributed by atoms with van der Waals surface area (Å²) in [6.45, 7) is 3.85. The molecule has 1 N–H and O–H groups in total. The Morgan fingerprint density at radius 3 is 2.00 bits per heavy atom. The maximum absolute atomic E-state index is 11.8. The SMILES string of the molecule is CCS(=O)(=O)N(C)CC(=O)N(C)C(C)(C)C(=O)O. The summed E-state index contributed by atoms with van der Waals surface area (Å²) in [6.07, 6.45) is 0. The molecule has 8 heteroatoms. The summed E-state index contributed by atoms with van der Waals surface area (Å²) in [7, 11) is -0.828. The Morgan fingerprint density at radius 2 is 1.67 bits per heavy atom. The number of carbonyl (C=O) groups excluding carboxylic acids is 1. The van der Waals surface area contributed by atoms with Crippen LogP contribution in [0.1, 0.15) is 20.8 Å². The molecule has 0 aromatic heterocycles. The minimum atomic E-state index is -3.45. The van der Waals surface area contributed by atoms with Gasteiger partial charge >= 0.3 is 5.97 Å². The summed E-state index contributed by atoms with van der Waals surface area (Å²) in [5, 5.41) is 8.97. The Morgan fingerprint density at radius 1 is 1.22 bits per heavy atom. The van der Waals surface area contributed by atoms with Gasteiger partial charge in [-0.15, -0.1) is 0 Å². The summed E-state index contributed by atoms with van der Waals surface area (Å²) in [5.41, 5.74) is -1.38. The predicted molar refractivity (Wildman–Crippen MR) is 66.6 cm³/mol. The van der Waals surface area contributed by atoms with Gasteiger partial charge in [0.25, 0.3) is 0 Å². The zero-order valence-corrected chi connectivity index (χ0v) is 12.1. The molecule has 0 fully saturated rings. The molecule has 106 valence electrons. The van der Waals surface area contributed by atoms with Crippen molar-refractivity contribution in [2.75, 3.05) is 26.4 Å². The van der Waals surface area contributed by atoms with Crippen LogP contribution >= 0.6 is 0 Å². The van der Waals surface area contributed by atoms with E-state index >= 15 is 0 Å². The fourth-order valence-electron chi connectivity index (χ4n) is 1.07. The van der Waals surface area contributed by atoms with Crippen LogP contribution < -0.4 is 0 Å². The van der Waals surface area contributed by atoms with E-state index in [2.05, 4.69) is 0 Å².